The topological polar surface area (TPSA) is 8.17 Å². The van der Waals surface area contributed by atoms with E-state index in [-0.39, 0.29) is 5.41 Å². The Labute approximate surface area is 352 Å². The molecule has 60 heavy (non-hydrogen) atoms. The van der Waals surface area contributed by atoms with Crippen molar-refractivity contribution in [2.45, 2.75) is 37.5 Å². The highest BCUT2D eigenvalue weighted by atomic mass is 15.1. The first-order valence-corrected chi connectivity index (χ1v) is 21.3. The van der Waals surface area contributed by atoms with Gasteiger partial charge in [-0.3, -0.25) is 0 Å². The van der Waals surface area contributed by atoms with Crippen molar-refractivity contribution in [1.82, 2.24) is 4.57 Å². The molecule has 2 aliphatic carbocycles. The van der Waals surface area contributed by atoms with Crippen molar-refractivity contribution in [3.63, 3.8) is 0 Å². The average Bonchev–Trinajstić information content (AvgIpc) is 3.76. The van der Waals surface area contributed by atoms with Gasteiger partial charge in [0.2, 0.25) is 0 Å². The fourth-order valence-electron chi connectivity index (χ4n) is 11.0. The van der Waals surface area contributed by atoms with Gasteiger partial charge >= 0.3 is 0 Å². The minimum absolute atomic E-state index is 0.115. The molecule has 9 aromatic rings. The van der Waals surface area contributed by atoms with Crippen LogP contribution in [0.1, 0.15) is 54.5 Å². The number of benzene rings is 8. The van der Waals surface area contributed by atoms with Crippen LogP contribution in [0.5, 0.6) is 0 Å². The Hall–Kier alpha value is -7.16. The zero-order valence-electron chi connectivity index (χ0n) is 33.9. The van der Waals surface area contributed by atoms with Crippen molar-refractivity contribution < 1.29 is 0 Å². The second kappa shape index (κ2) is 13.2. The summed E-state index contributed by atoms with van der Waals surface area (Å²) in [7, 11) is 0. The summed E-state index contributed by atoms with van der Waals surface area (Å²) < 4.78 is 2.55. The molecule has 0 amide bonds. The zero-order chi connectivity index (χ0) is 40.0. The molecule has 0 fully saturated rings. The Morgan fingerprint density at radius 3 is 1.95 bits per heavy atom. The summed E-state index contributed by atoms with van der Waals surface area (Å²) in [6.45, 7) is 4.74. The van der Waals surface area contributed by atoms with E-state index in [1.54, 1.807) is 0 Å². The lowest BCUT2D eigenvalue weighted by Crippen LogP contribution is -2.36. The van der Waals surface area contributed by atoms with Crippen LogP contribution < -0.4 is 4.90 Å². The van der Waals surface area contributed by atoms with E-state index in [9.17, 15) is 0 Å². The maximum absolute atomic E-state index is 2.55. The molecule has 0 N–H and O–H groups in total. The lowest BCUT2D eigenvalue weighted by molar-refractivity contribution is 0.660. The standard InChI is InChI=1S/C58H44N2/c1-57(2)50-25-13-12-23-46(50)47-35-33-45(38-53(47)57)59(43-31-29-40(30-32-43)39-17-6-3-7-18-39)44-34-36-54-49(37-44)48-24-16-27-52-56(48)60(54)55-28-15-14-26-51(55)58(52,41-19-8-4-9-20-41)42-21-10-5-11-22-42/h3-10,12-21,23-38H,11,22H2,1-2H3. The molecular formula is C58H44N2. The molecule has 0 bridgehead atoms. The lowest BCUT2D eigenvalue weighted by atomic mass is 9.61. The summed E-state index contributed by atoms with van der Waals surface area (Å²) >= 11 is 0. The molecule has 12 rings (SSSR count). The molecule has 0 radical (unpaired) electrons. The van der Waals surface area contributed by atoms with Gasteiger partial charge < -0.3 is 9.47 Å². The first kappa shape index (κ1) is 34.8. The molecular weight excluding hydrogens is 725 g/mol. The van der Waals surface area contributed by atoms with Crippen LogP contribution in [0.4, 0.5) is 17.1 Å². The van der Waals surface area contributed by atoms with Crippen LogP contribution in [0.2, 0.25) is 0 Å². The van der Waals surface area contributed by atoms with E-state index < -0.39 is 5.41 Å². The van der Waals surface area contributed by atoms with E-state index >= 15 is 0 Å². The van der Waals surface area contributed by atoms with E-state index in [0.29, 0.717) is 0 Å². The quantitative estimate of drug-likeness (QED) is 0.164. The SMILES string of the molecule is CC1(C)c2ccccc2-c2ccc(N(c3ccc(-c4ccccc4)cc3)c3ccc4c(c3)c3cccc5c3n4-c3ccccc3C5(C3=CC=CCC3)c3ccccc3)cc21. The van der Waals surface area contributed by atoms with E-state index in [2.05, 4.69) is 230 Å². The summed E-state index contributed by atoms with van der Waals surface area (Å²) in [4.78, 5) is 2.46. The summed E-state index contributed by atoms with van der Waals surface area (Å²) in [6, 6.07) is 70.3. The molecule has 286 valence electrons. The average molecular weight is 769 g/mol. The first-order chi connectivity index (χ1) is 29.5. The molecule has 0 saturated carbocycles. The predicted octanol–water partition coefficient (Wildman–Crippen LogP) is 15.2. The summed E-state index contributed by atoms with van der Waals surface area (Å²) in [6.07, 6.45) is 9.01. The fourth-order valence-corrected chi connectivity index (χ4v) is 11.0. The molecule has 2 heteroatoms. The Morgan fingerprint density at radius 2 is 1.15 bits per heavy atom. The third-order valence-corrected chi connectivity index (χ3v) is 13.7. The summed E-state index contributed by atoms with van der Waals surface area (Å²) in [5.41, 5.74) is 19.9. The highest BCUT2D eigenvalue weighted by Gasteiger charge is 2.46. The van der Waals surface area contributed by atoms with Crippen molar-refractivity contribution in [3.05, 3.63) is 240 Å². The zero-order valence-corrected chi connectivity index (χ0v) is 33.9. The maximum Gasteiger partial charge on any atom is 0.0705 e. The third-order valence-electron chi connectivity index (χ3n) is 13.7. The van der Waals surface area contributed by atoms with Crippen LogP contribution in [0.3, 0.4) is 0 Å². The highest BCUT2D eigenvalue weighted by molar-refractivity contribution is 6.13. The van der Waals surface area contributed by atoms with Gasteiger partial charge in [-0.1, -0.05) is 177 Å². The molecule has 1 aliphatic heterocycles. The Bertz CT molecular complexity index is 3220. The summed E-state index contributed by atoms with van der Waals surface area (Å²) in [5.74, 6) is 0. The predicted molar refractivity (Wildman–Crippen MR) is 251 cm³/mol. The van der Waals surface area contributed by atoms with Gasteiger partial charge in [0.1, 0.15) is 0 Å². The van der Waals surface area contributed by atoms with Crippen LogP contribution in [0, 0.1) is 0 Å². The number of allylic oxidation sites excluding steroid dienone is 4. The largest absolute Gasteiger partial charge is 0.310 e. The van der Waals surface area contributed by atoms with Crippen molar-refractivity contribution in [2.24, 2.45) is 0 Å². The van der Waals surface area contributed by atoms with Crippen LogP contribution in [-0.2, 0) is 10.8 Å². The van der Waals surface area contributed by atoms with Crippen LogP contribution in [0.25, 0.3) is 49.7 Å². The molecule has 1 atom stereocenters. The van der Waals surface area contributed by atoms with Crippen molar-refractivity contribution >= 4 is 38.9 Å². The van der Waals surface area contributed by atoms with Gasteiger partial charge in [-0.15, -0.1) is 0 Å². The Kier molecular flexibility index (Phi) is 7.65. The van der Waals surface area contributed by atoms with E-state index in [1.807, 2.05) is 0 Å². The molecule has 0 spiro atoms. The van der Waals surface area contributed by atoms with E-state index in [0.717, 1.165) is 29.9 Å². The maximum atomic E-state index is 2.55. The molecule has 1 unspecified atom stereocenters. The summed E-state index contributed by atoms with van der Waals surface area (Å²) in [5, 5.41) is 2.52. The Balaban J connectivity index is 1.10. The lowest BCUT2D eigenvalue weighted by Gasteiger charge is -2.43. The third kappa shape index (κ3) is 4.88. The van der Waals surface area contributed by atoms with Gasteiger partial charge in [0.25, 0.3) is 0 Å². The molecule has 2 nitrogen and oxygen atoms in total. The minimum atomic E-state index is -0.420. The number of rotatable bonds is 6. The highest BCUT2D eigenvalue weighted by Crippen LogP contribution is 2.56. The number of aromatic nitrogens is 1. The van der Waals surface area contributed by atoms with Crippen LogP contribution in [0.15, 0.2) is 212 Å². The van der Waals surface area contributed by atoms with Gasteiger partial charge in [-0.25, -0.2) is 0 Å². The number of fused-ring (bicyclic) bond motifs is 8. The van der Waals surface area contributed by atoms with Gasteiger partial charge in [0.05, 0.1) is 22.1 Å². The molecule has 2 heterocycles. The number of hydrogen-bond acceptors (Lipinski definition) is 1. The number of para-hydroxylation sites is 2. The van der Waals surface area contributed by atoms with Crippen molar-refractivity contribution in [3.8, 4) is 27.9 Å². The molecule has 8 aromatic carbocycles. The molecule has 3 aliphatic rings. The Morgan fingerprint density at radius 1 is 0.500 bits per heavy atom. The number of anilines is 3. The smallest absolute Gasteiger partial charge is 0.0705 e. The number of nitrogens with zero attached hydrogens (tertiary/aromatic N) is 2. The van der Waals surface area contributed by atoms with E-state index in [4.69, 9.17) is 0 Å². The minimum Gasteiger partial charge on any atom is -0.310 e. The molecule has 0 saturated heterocycles. The second-order valence-corrected chi connectivity index (χ2v) is 17.2. The van der Waals surface area contributed by atoms with Gasteiger partial charge in [-0.2, -0.15) is 0 Å². The van der Waals surface area contributed by atoms with Crippen LogP contribution in [-0.4, -0.2) is 4.57 Å². The molecule has 1 aromatic heterocycles. The first-order valence-electron chi connectivity index (χ1n) is 21.3. The monoisotopic (exact) mass is 768 g/mol. The second-order valence-electron chi connectivity index (χ2n) is 17.2. The van der Waals surface area contributed by atoms with Crippen molar-refractivity contribution in [1.29, 1.82) is 0 Å². The van der Waals surface area contributed by atoms with Crippen LogP contribution >= 0.6 is 0 Å². The van der Waals surface area contributed by atoms with Gasteiger partial charge in [0, 0.05) is 33.2 Å². The van der Waals surface area contributed by atoms with E-state index in [1.165, 1.54) is 83.1 Å². The van der Waals surface area contributed by atoms with Gasteiger partial charge in [0.15, 0.2) is 0 Å². The number of hydrogen-bond donors (Lipinski definition) is 0. The fraction of sp³-hybridized carbons (Fsp3) is 0.103. The van der Waals surface area contributed by atoms with Crippen molar-refractivity contribution in [2.75, 3.05) is 4.90 Å². The normalized spacial score (nSPS) is 16.9. The van der Waals surface area contributed by atoms with Gasteiger partial charge in [-0.05, 0) is 111 Å².